The topological polar surface area (TPSA) is 53.5 Å². The van der Waals surface area contributed by atoms with Crippen molar-refractivity contribution in [3.05, 3.63) is 65.5 Å². The summed E-state index contributed by atoms with van der Waals surface area (Å²) >= 11 is 0. The van der Waals surface area contributed by atoms with Crippen molar-refractivity contribution in [3.63, 3.8) is 0 Å². The molecule has 1 aliphatic heterocycles. The molecule has 0 saturated carbocycles. The van der Waals surface area contributed by atoms with Crippen LogP contribution in [0.4, 0.5) is 0 Å². The minimum absolute atomic E-state index is 0.0185. The molecule has 3 rings (SSSR count). The van der Waals surface area contributed by atoms with E-state index in [4.69, 9.17) is 6.42 Å². The first-order chi connectivity index (χ1) is 13.1. The maximum absolute atomic E-state index is 13.0. The van der Waals surface area contributed by atoms with Gasteiger partial charge in [-0.2, -0.15) is 0 Å². The Labute approximate surface area is 160 Å². The van der Waals surface area contributed by atoms with Crippen molar-refractivity contribution in [1.82, 2.24) is 14.8 Å². The molecule has 2 amide bonds. The Morgan fingerprint density at radius 1 is 1.30 bits per heavy atom. The van der Waals surface area contributed by atoms with Crippen LogP contribution in [0.15, 0.2) is 48.7 Å². The van der Waals surface area contributed by atoms with Gasteiger partial charge in [-0.25, -0.2) is 0 Å². The van der Waals surface area contributed by atoms with Gasteiger partial charge < -0.3 is 9.80 Å². The van der Waals surface area contributed by atoms with Gasteiger partial charge in [0.1, 0.15) is 0 Å². The van der Waals surface area contributed by atoms with Crippen molar-refractivity contribution in [2.45, 2.75) is 26.4 Å². The van der Waals surface area contributed by atoms with Crippen LogP contribution in [-0.4, -0.2) is 39.7 Å². The van der Waals surface area contributed by atoms with Crippen LogP contribution in [0, 0.1) is 25.2 Å². The molecule has 0 radical (unpaired) electrons. The number of aromatic nitrogens is 1. The maximum atomic E-state index is 13.0. The lowest BCUT2D eigenvalue weighted by molar-refractivity contribution is -0.135. The molecule has 5 heteroatoms. The number of terminal acetylenes is 1. The summed E-state index contributed by atoms with van der Waals surface area (Å²) < 4.78 is 0. The monoisotopic (exact) mass is 361 g/mol. The first-order valence-electron chi connectivity index (χ1n) is 9.02. The van der Waals surface area contributed by atoms with E-state index in [9.17, 15) is 9.59 Å². The number of amides is 2. The average molecular weight is 361 g/mol. The molecule has 0 aliphatic carbocycles. The average Bonchev–Trinajstić information content (AvgIpc) is 3.04. The standard InChI is InChI=1S/C22H23N3O2/c1-3-12-24(14-18-9-7-17(2)8-10-18)22(27)19-13-21(26)25(15-19)16-20-6-4-5-11-23-20/h1,4-11,19H,12-16H2,2H3. The number of benzene rings is 1. The fraction of sp³-hybridized carbons (Fsp3) is 0.318. The van der Waals surface area contributed by atoms with Gasteiger partial charge in [-0.1, -0.05) is 41.8 Å². The quantitative estimate of drug-likeness (QED) is 0.743. The number of likely N-dealkylation sites (tertiary alicyclic amines) is 1. The molecule has 1 fully saturated rings. The van der Waals surface area contributed by atoms with Gasteiger partial charge >= 0.3 is 0 Å². The summed E-state index contributed by atoms with van der Waals surface area (Å²) in [6.45, 7) is 3.54. The Morgan fingerprint density at radius 2 is 2.07 bits per heavy atom. The van der Waals surface area contributed by atoms with E-state index in [-0.39, 0.29) is 30.7 Å². The van der Waals surface area contributed by atoms with Crippen molar-refractivity contribution >= 4 is 11.8 Å². The van der Waals surface area contributed by atoms with E-state index in [1.165, 1.54) is 5.56 Å². The molecule has 1 aromatic carbocycles. The number of hydrogen-bond acceptors (Lipinski definition) is 3. The van der Waals surface area contributed by atoms with Gasteiger partial charge in [0.05, 0.1) is 24.7 Å². The van der Waals surface area contributed by atoms with Crippen LogP contribution < -0.4 is 0 Å². The van der Waals surface area contributed by atoms with Crippen molar-refractivity contribution in [2.75, 3.05) is 13.1 Å². The van der Waals surface area contributed by atoms with E-state index in [1.807, 2.05) is 49.4 Å². The smallest absolute Gasteiger partial charge is 0.229 e. The Hall–Kier alpha value is -3.13. The van der Waals surface area contributed by atoms with Crippen molar-refractivity contribution < 1.29 is 9.59 Å². The number of nitrogens with zero attached hydrogens (tertiary/aromatic N) is 3. The molecule has 1 aliphatic rings. The van der Waals surface area contributed by atoms with Gasteiger partial charge in [0.15, 0.2) is 0 Å². The summed E-state index contributed by atoms with van der Waals surface area (Å²) in [6, 6.07) is 13.6. The molecule has 1 aromatic heterocycles. The van der Waals surface area contributed by atoms with E-state index in [2.05, 4.69) is 10.9 Å². The van der Waals surface area contributed by atoms with Gasteiger partial charge in [0.2, 0.25) is 11.8 Å². The van der Waals surface area contributed by atoms with Gasteiger partial charge in [0.25, 0.3) is 0 Å². The third-order valence-electron chi connectivity index (χ3n) is 4.73. The lowest BCUT2D eigenvalue weighted by atomic mass is 10.1. The largest absolute Gasteiger partial charge is 0.336 e. The summed E-state index contributed by atoms with van der Waals surface area (Å²) in [7, 11) is 0. The van der Waals surface area contributed by atoms with Crippen LogP contribution >= 0.6 is 0 Å². The van der Waals surface area contributed by atoms with E-state index in [1.54, 1.807) is 16.0 Å². The fourth-order valence-corrected chi connectivity index (χ4v) is 3.27. The van der Waals surface area contributed by atoms with Crippen molar-refractivity contribution in [3.8, 4) is 12.3 Å². The molecule has 27 heavy (non-hydrogen) atoms. The van der Waals surface area contributed by atoms with Crippen LogP contribution in [0.3, 0.4) is 0 Å². The second-order valence-electron chi connectivity index (χ2n) is 6.88. The number of rotatable bonds is 6. The second kappa shape index (κ2) is 8.50. The van der Waals surface area contributed by atoms with Crippen molar-refractivity contribution in [1.29, 1.82) is 0 Å². The number of pyridine rings is 1. The highest BCUT2D eigenvalue weighted by Crippen LogP contribution is 2.22. The minimum Gasteiger partial charge on any atom is -0.336 e. The first kappa shape index (κ1) is 18.7. The van der Waals surface area contributed by atoms with Gasteiger partial charge in [-0.15, -0.1) is 6.42 Å². The molecule has 0 N–H and O–H groups in total. The predicted molar refractivity (Wildman–Crippen MR) is 103 cm³/mol. The number of hydrogen-bond donors (Lipinski definition) is 0. The van der Waals surface area contributed by atoms with E-state index < -0.39 is 0 Å². The lowest BCUT2D eigenvalue weighted by Crippen LogP contribution is -2.37. The molecule has 1 atom stereocenters. The Kier molecular flexibility index (Phi) is 5.87. The molecular weight excluding hydrogens is 338 g/mol. The van der Waals surface area contributed by atoms with Crippen LogP contribution in [-0.2, 0) is 22.7 Å². The fourth-order valence-electron chi connectivity index (χ4n) is 3.27. The zero-order valence-corrected chi connectivity index (χ0v) is 15.5. The Bertz CT molecular complexity index is 840. The molecule has 2 heterocycles. The predicted octanol–water partition coefficient (Wildman–Crippen LogP) is 2.40. The van der Waals surface area contributed by atoms with E-state index >= 15 is 0 Å². The SMILES string of the molecule is C#CCN(Cc1ccc(C)cc1)C(=O)C1CC(=O)N(Cc2ccccn2)C1. The highest BCUT2D eigenvalue weighted by Gasteiger charge is 2.36. The highest BCUT2D eigenvalue weighted by atomic mass is 16.2. The lowest BCUT2D eigenvalue weighted by Gasteiger charge is -2.24. The van der Waals surface area contributed by atoms with Crippen molar-refractivity contribution in [2.24, 2.45) is 5.92 Å². The molecule has 2 aromatic rings. The zero-order valence-electron chi connectivity index (χ0n) is 15.5. The van der Waals surface area contributed by atoms with Gasteiger partial charge in [-0.3, -0.25) is 14.6 Å². The number of aryl methyl sites for hydroxylation is 1. The summed E-state index contributed by atoms with van der Waals surface area (Å²) in [5.74, 6) is 2.12. The molecule has 0 bridgehead atoms. The second-order valence-corrected chi connectivity index (χ2v) is 6.88. The van der Waals surface area contributed by atoms with E-state index in [0.717, 1.165) is 11.3 Å². The van der Waals surface area contributed by atoms with Crippen LogP contribution in [0.1, 0.15) is 23.2 Å². The summed E-state index contributed by atoms with van der Waals surface area (Å²) in [4.78, 5) is 33.0. The molecule has 1 unspecified atom stereocenters. The minimum atomic E-state index is -0.361. The number of carbonyl (C=O) groups is 2. The summed E-state index contributed by atoms with van der Waals surface area (Å²) in [5, 5.41) is 0. The van der Waals surface area contributed by atoms with Crippen LogP contribution in [0.5, 0.6) is 0 Å². The Morgan fingerprint density at radius 3 is 2.74 bits per heavy atom. The molecule has 138 valence electrons. The van der Waals surface area contributed by atoms with Crippen LogP contribution in [0.25, 0.3) is 0 Å². The zero-order chi connectivity index (χ0) is 19.2. The molecule has 5 nitrogen and oxygen atoms in total. The van der Waals surface area contributed by atoms with Crippen LogP contribution in [0.2, 0.25) is 0 Å². The highest BCUT2D eigenvalue weighted by molar-refractivity contribution is 5.89. The molecule has 0 spiro atoms. The summed E-state index contributed by atoms with van der Waals surface area (Å²) in [6.07, 6.45) is 7.40. The normalized spacial score (nSPS) is 16.2. The summed E-state index contributed by atoms with van der Waals surface area (Å²) in [5.41, 5.74) is 3.01. The van der Waals surface area contributed by atoms with Gasteiger partial charge in [0, 0.05) is 25.7 Å². The molecular formula is C22H23N3O2. The van der Waals surface area contributed by atoms with E-state index in [0.29, 0.717) is 19.6 Å². The molecule has 1 saturated heterocycles. The third-order valence-corrected chi connectivity index (χ3v) is 4.73. The first-order valence-corrected chi connectivity index (χ1v) is 9.02. The Balaban J connectivity index is 1.66. The maximum Gasteiger partial charge on any atom is 0.229 e. The number of carbonyl (C=O) groups excluding carboxylic acids is 2. The van der Waals surface area contributed by atoms with Gasteiger partial charge in [-0.05, 0) is 24.6 Å². The third kappa shape index (κ3) is 4.73.